The number of methoxy groups -OCH3 is 1. The van der Waals surface area contributed by atoms with E-state index in [9.17, 15) is 4.39 Å². The van der Waals surface area contributed by atoms with E-state index in [-0.39, 0.29) is 5.82 Å². The van der Waals surface area contributed by atoms with Gasteiger partial charge in [0, 0.05) is 24.6 Å². The summed E-state index contributed by atoms with van der Waals surface area (Å²) in [6, 6.07) is 13.8. The molecule has 3 rings (SSSR count). The van der Waals surface area contributed by atoms with Crippen LogP contribution in [0, 0.1) is 5.82 Å². The van der Waals surface area contributed by atoms with Crippen LogP contribution >= 0.6 is 0 Å². The minimum atomic E-state index is -0.267. The zero-order valence-electron chi connectivity index (χ0n) is 11.5. The molecule has 1 unspecified atom stereocenters. The Morgan fingerprint density at radius 2 is 2.05 bits per heavy atom. The fourth-order valence-corrected chi connectivity index (χ4v) is 2.78. The van der Waals surface area contributed by atoms with E-state index in [0.29, 0.717) is 23.8 Å². The second-order valence-electron chi connectivity index (χ2n) is 5.16. The highest BCUT2D eigenvalue weighted by molar-refractivity contribution is 5.40. The van der Waals surface area contributed by atoms with E-state index in [1.165, 1.54) is 18.2 Å². The van der Waals surface area contributed by atoms with Gasteiger partial charge in [0.05, 0.1) is 7.11 Å². The van der Waals surface area contributed by atoms with Gasteiger partial charge in [-0.3, -0.25) is 0 Å². The average Bonchev–Trinajstić information content (AvgIpc) is 2.45. The number of fused-ring (bicyclic) bond motifs is 1. The first-order chi connectivity index (χ1) is 9.79. The molecule has 0 saturated heterocycles. The molecule has 1 aliphatic rings. The molecule has 2 aromatic rings. The minimum Gasteiger partial charge on any atom is -0.494 e. The highest BCUT2D eigenvalue weighted by atomic mass is 19.1. The van der Waals surface area contributed by atoms with Crippen molar-refractivity contribution in [3.63, 3.8) is 0 Å². The van der Waals surface area contributed by atoms with Crippen LogP contribution in [0.1, 0.15) is 22.6 Å². The van der Waals surface area contributed by atoms with Gasteiger partial charge in [-0.1, -0.05) is 36.4 Å². The molecule has 2 nitrogen and oxygen atoms in total. The van der Waals surface area contributed by atoms with E-state index in [0.717, 1.165) is 13.0 Å². The molecule has 0 saturated carbocycles. The lowest BCUT2D eigenvalue weighted by atomic mass is 9.77. The van der Waals surface area contributed by atoms with Crippen LogP contribution in [-0.4, -0.2) is 13.7 Å². The number of nitrogens with one attached hydrogen (secondary N) is 1. The Morgan fingerprint density at radius 3 is 2.85 bits per heavy atom. The molecule has 2 aromatic carbocycles. The summed E-state index contributed by atoms with van der Waals surface area (Å²) in [6.07, 6.45) is 1.11. The molecule has 3 heteroatoms. The first kappa shape index (κ1) is 13.1. The van der Waals surface area contributed by atoms with Gasteiger partial charge in [0.1, 0.15) is 0 Å². The molecule has 0 heterocycles. The molecule has 0 radical (unpaired) electrons. The number of ether oxygens (including phenoxy) is 1. The Balaban J connectivity index is 1.57. The molecule has 1 aliphatic carbocycles. The summed E-state index contributed by atoms with van der Waals surface area (Å²) in [5.41, 5.74) is 3.51. The third kappa shape index (κ3) is 2.41. The van der Waals surface area contributed by atoms with Gasteiger partial charge in [-0.25, -0.2) is 4.39 Å². The van der Waals surface area contributed by atoms with Crippen LogP contribution in [0.2, 0.25) is 0 Å². The van der Waals surface area contributed by atoms with Crippen molar-refractivity contribution in [3.8, 4) is 5.75 Å². The number of rotatable bonds is 5. The Labute approximate surface area is 118 Å². The lowest BCUT2D eigenvalue weighted by Gasteiger charge is -2.30. The van der Waals surface area contributed by atoms with Gasteiger partial charge in [-0.2, -0.15) is 0 Å². The van der Waals surface area contributed by atoms with E-state index in [1.807, 2.05) is 6.07 Å². The van der Waals surface area contributed by atoms with Gasteiger partial charge in [-0.05, 0) is 23.6 Å². The van der Waals surface area contributed by atoms with Crippen LogP contribution in [0.4, 0.5) is 4.39 Å². The van der Waals surface area contributed by atoms with E-state index in [4.69, 9.17) is 4.74 Å². The van der Waals surface area contributed by atoms with Gasteiger partial charge >= 0.3 is 0 Å². The maximum absolute atomic E-state index is 14.0. The molecule has 1 N–H and O–H groups in total. The van der Waals surface area contributed by atoms with Crippen molar-refractivity contribution in [1.82, 2.24) is 5.32 Å². The van der Waals surface area contributed by atoms with Crippen LogP contribution in [0.5, 0.6) is 5.75 Å². The number of halogens is 1. The second kappa shape index (κ2) is 5.63. The van der Waals surface area contributed by atoms with E-state index in [1.54, 1.807) is 12.1 Å². The smallest absolute Gasteiger partial charge is 0.169 e. The minimum absolute atomic E-state index is 0.267. The van der Waals surface area contributed by atoms with Crippen LogP contribution in [0.3, 0.4) is 0 Å². The van der Waals surface area contributed by atoms with E-state index >= 15 is 0 Å². The SMILES string of the molecule is COc1cccc(CNCC2Cc3ccccc32)c1F. The van der Waals surface area contributed by atoms with Crippen molar-refractivity contribution < 1.29 is 9.13 Å². The van der Waals surface area contributed by atoms with Gasteiger partial charge in [0.25, 0.3) is 0 Å². The van der Waals surface area contributed by atoms with Crippen molar-refractivity contribution >= 4 is 0 Å². The van der Waals surface area contributed by atoms with E-state index < -0.39 is 0 Å². The predicted molar refractivity (Wildman–Crippen MR) is 77.5 cm³/mol. The normalized spacial score (nSPS) is 16.4. The first-order valence-corrected chi connectivity index (χ1v) is 6.89. The van der Waals surface area contributed by atoms with Gasteiger partial charge in [-0.15, -0.1) is 0 Å². The molecule has 1 atom stereocenters. The summed E-state index contributed by atoms with van der Waals surface area (Å²) in [4.78, 5) is 0. The molecule has 0 aromatic heterocycles. The van der Waals surface area contributed by atoms with Crippen molar-refractivity contribution in [3.05, 3.63) is 65.0 Å². The maximum atomic E-state index is 14.0. The quantitative estimate of drug-likeness (QED) is 0.901. The second-order valence-corrected chi connectivity index (χ2v) is 5.16. The fraction of sp³-hybridized carbons (Fsp3) is 0.294. The van der Waals surface area contributed by atoms with Crippen LogP contribution in [0.25, 0.3) is 0 Å². The highest BCUT2D eigenvalue weighted by Crippen LogP contribution is 2.34. The molecule has 20 heavy (non-hydrogen) atoms. The monoisotopic (exact) mass is 271 g/mol. The van der Waals surface area contributed by atoms with Crippen molar-refractivity contribution in [2.24, 2.45) is 0 Å². The standard InChI is InChI=1S/C17H18FNO/c1-20-16-8-4-6-13(17(16)18)10-19-11-14-9-12-5-2-3-7-15(12)14/h2-8,14,19H,9-11H2,1H3. The summed E-state index contributed by atoms with van der Waals surface area (Å²) >= 11 is 0. The van der Waals surface area contributed by atoms with Crippen LogP contribution < -0.4 is 10.1 Å². The largest absolute Gasteiger partial charge is 0.494 e. The summed E-state index contributed by atoms with van der Waals surface area (Å²) in [6.45, 7) is 1.41. The third-order valence-corrected chi connectivity index (χ3v) is 3.93. The van der Waals surface area contributed by atoms with Crippen molar-refractivity contribution in [2.75, 3.05) is 13.7 Å². The zero-order valence-corrected chi connectivity index (χ0v) is 11.5. The number of benzene rings is 2. The maximum Gasteiger partial charge on any atom is 0.169 e. The lowest BCUT2D eigenvalue weighted by molar-refractivity contribution is 0.383. The summed E-state index contributed by atoms with van der Waals surface area (Å²) < 4.78 is 19.0. The Hall–Kier alpha value is -1.87. The fourth-order valence-electron chi connectivity index (χ4n) is 2.78. The molecule has 0 spiro atoms. The van der Waals surface area contributed by atoms with Crippen LogP contribution in [-0.2, 0) is 13.0 Å². The Kier molecular flexibility index (Phi) is 3.70. The predicted octanol–water partition coefficient (Wildman–Crippen LogP) is 3.26. The molecule has 0 amide bonds. The molecular weight excluding hydrogens is 253 g/mol. The van der Waals surface area contributed by atoms with Gasteiger partial charge in [0.15, 0.2) is 11.6 Å². The van der Waals surface area contributed by atoms with Gasteiger partial charge < -0.3 is 10.1 Å². The van der Waals surface area contributed by atoms with E-state index in [2.05, 4.69) is 29.6 Å². The molecular formula is C17H18FNO. The third-order valence-electron chi connectivity index (χ3n) is 3.93. The zero-order chi connectivity index (χ0) is 13.9. The topological polar surface area (TPSA) is 21.3 Å². The van der Waals surface area contributed by atoms with Crippen LogP contribution in [0.15, 0.2) is 42.5 Å². The Bertz CT molecular complexity index is 612. The average molecular weight is 271 g/mol. The molecule has 104 valence electrons. The molecule has 0 fully saturated rings. The van der Waals surface area contributed by atoms with Gasteiger partial charge in [0.2, 0.25) is 0 Å². The molecule has 0 bridgehead atoms. The Morgan fingerprint density at radius 1 is 1.20 bits per heavy atom. The lowest BCUT2D eigenvalue weighted by Crippen LogP contribution is -2.29. The first-order valence-electron chi connectivity index (χ1n) is 6.89. The summed E-state index contributed by atoms with van der Waals surface area (Å²) in [5, 5.41) is 3.34. The van der Waals surface area contributed by atoms with Crippen molar-refractivity contribution in [1.29, 1.82) is 0 Å². The number of hydrogen-bond donors (Lipinski definition) is 1. The summed E-state index contributed by atoms with van der Waals surface area (Å²) in [5.74, 6) is 0.592. The number of hydrogen-bond acceptors (Lipinski definition) is 2. The summed E-state index contributed by atoms with van der Waals surface area (Å²) in [7, 11) is 1.49. The molecule has 0 aliphatic heterocycles. The highest BCUT2D eigenvalue weighted by Gasteiger charge is 2.24. The van der Waals surface area contributed by atoms with Crippen molar-refractivity contribution in [2.45, 2.75) is 18.9 Å².